The number of rotatable bonds is 6. The Labute approximate surface area is 109 Å². The number of hydrogen-bond acceptors (Lipinski definition) is 4. The topological polar surface area (TPSA) is 107 Å². The number of carboxylic acids is 1. The lowest BCUT2D eigenvalue weighted by molar-refractivity contribution is -0.142. The fourth-order valence-corrected chi connectivity index (χ4v) is 2.95. The van der Waals surface area contributed by atoms with Crippen LogP contribution in [-0.2, 0) is 15.0 Å². The van der Waals surface area contributed by atoms with Gasteiger partial charge in [-0.25, -0.2) is 8.78 Å². The number of piperidine rings is 1. The molecule has 1 heterocycles. The molecule has 1 rings (SSSR count). The number of nitrogens with one attached hydrogen (secondary N) is 1. The number of aliphatic hydroxyl groups is 1. The predicted octanol–water partition coefficient (Wildman–Crippen LogP) is -0.755. The number of aliphatic hydroxyl groups excluding tert-OH is 1. The summed E-state index contributed by atoms with van der Waals surface area (Å²) in [4.78, 5) is 10.7. The largest absolute Gasteiger partial charge is 0.481 e. The molecule has 0 spiro atoms. The zero-order chi connectivity index (χ0) is 14.7. The standard InChI is InChI=1S/C9H16F2N2O5S/c10-9(11,6-14)5-12-19(17,18)13-3-1-7(2-4-13)8(15)16/h7,12,14H,1-6H2,(H,15,16). The maximum absolute atomic E-state index is 12.7. The minimum atomic E-state index is -4.08. The Bertz CT molecular complexity index is 420. The lowest BCUT2D eigenvalue weighted by atomic mass is 9.99. The fourth-order valence-electron chi connectivity index (χ4n) is 1.69. The zero-order valence-electron chi connectivity index (χ0n) is 10.1. The lowest BCUT2D eigenvalue weighted by Gasteiger charge is -2.29. The van der Waals surface area contributed by atoms with Crippen LogP contribution >= 0.6 is 0 Å². The molecule has 112 valence electrons. The Morgan fingerprint density at radius 2 is 1.89 bits per heavy atom. The highest BCUT2D eigenvalue weighted by atomic mass is 32.2. The maximum atomic E-state index is 12.7. The van der Waals surface area contributed by atoms with E-state index in [1.54, 1.807) is 4.72 Å². The van der Waals surface area contributed by atoms with Crippen LogP contribution in [0.2, 0.25) is 0 Å². The first-order chi connectivity index (χ1) is 8.68. The quantitative estimate of drug-likeness (QED) is 0.598. The molecule has 0 saturated carbocycles. The summed E-state index contributed by atoms with van der Waals surface area (Å²) in [5.41, 5.74) is 0. The third-order valence-electron chi connectivity index (χ3n) is 2.89. The molecule has 1 fully saturated rings. The van der Waals surface area contributed by atoms with Crippen molar-refractivity contribution in [3.8, 4) is 0 Å². The number of hydrogen-bond donors (Lipinski definition) is 3. The van der Waals surface area contributed by atoms with Crippen molar-refractivity contribution in [2.75, 3.05) is 26.2 Å². The van der Waals surface area contributed by atoms with Gasteiger partial charge in [0.05, 0.1) is 12.5 Å². The Kier molecular flexibility index (Phi) is 5.18. The highest BCUT2D eigenvalue weighted by Crippen LogP contribution is 2.19. The first-order valence-corrected chi connectivity index (χ1v) is 7.08. The number of carbonyl (C=O) groups is 1. The van der Waals surface area contributed by atoms with Crippen LogP contribution in [0.15, 0.2) is 0 Å². The summed E-state index contributed by atoms with van der Waals surface area (Å²) >= 11 is 0. The molecule has 3 N–H and O–H groups in total. The number of carboxylic acid groups (broad SMARTS) is 1. The number of alkyl halides is 2. The van der Waals surface area contributed by atoms with E-state index in [9.17, 15) is 22.0 Å². The molecule has 1 saturated heterocycles. The van der Waals surface area contributed by atoms with E-state index >= 15 is 0 Å². The Hall–Kier alpha value is -0.840. The van der Waals surface area contributed by atoms with Gasteiger partial charge in [0.1, 0.15) is 6.61 Å². The van der Waals surface area contributed by atoms with Crippen molar-refractivity contribution in [2.45, 2.75) is 18.8 Å². The van der Waals surface area contributed by atoms with Gasteiger partial charge in [-0.3, -0.25) is 4.79 Å². The maximum Gasteiger partial charge on any atom is 0.306 e. The van der Waals surface area contributed by atoms with E-state index in [0.717, 1.165) is 4.31 Å². The van der Waals surface area contributed by atoms with E-state index in [1.807, 2.05) is 0 Å². The van der Waals surface area contributed by atoms with Gasteiger partial charge in [0.25, 0.3) is 16.1 Å². The van der Waals surface area contributed by atoms with Gasteiger partial charge in [0.15, 0.2) is 0 Å². The molecule has 0 bridgehead atoms. The molecule has 0 unspecified atom stereocenters. The molecular weight excluding hydrogens is 286 g/mol. The molecule has 0 aliphatic carbocycles. The molecule has 1 aliphatic rings. The van der Waals surface area contributed by atoms with Crippen molar-refractivity contribution in [1.82, 2.24) is 9.03 Å². The molecular formula is C9H16F2N2O5S. The molecule has 0 aromatic rings. The second-order valence-corrected chi connectivity index (χ2v) is 6.11. The summed E-state index contributed by atoms with van der Waals surface area (Å²) in [6.07, 6.45) is 0.291. The smallest absolute Gasteiger partial charge is 0.306 e. The van der Waals surface area contributed by atoms with Gasteiger partial charge in [-0.15, -0.1) is 0 Å². The van der Waals surface area contributed by atoms with Crippen molar-refractivity contribution in [3.63, 3.8) is 0 Å². The average molecular weight is 302 g/mol. The van der Waals surface area contributed by atoms with Crippen LogP contribution in [0.25, 0.3) is 0 Å². The highest BCUT2D eigenvalue weighted by Gasteiger charge is 2.34. The van der Waals surface area contributed by atoms with Crippen LogP contribution in [0.3, 0.4) is 0 Å². The normalized spacial score (nSPS) is 19.5. The molecule has 1 aliphatic heterocycles. The van der Waals surface area contributed by atoms with E-state index in [4.69, 9.17) is 10.2 Å². The van der Waals surface area contributed by atoms with Gasteiger partial charge < -0.3 is 10.2 Å². The van der Waals surface area contributed by atoms with Gasteiger partial charge in [-0.2, -0.15) is 17.4 Å². The SMILES string of the molecule is O=C(O)C1CCN(S(=O)(=O)NCC(F)(F)CO)CC1. The second kappa shape index (κ2) is 6.07. The Morgan fingerprint density at radius 3 is 2.32 bits per heavy atom. The average Bonchev–Trinajstić information content (AvgIpc) is 2.37. The zero-order valence-corrected chi connectivity index (χ0v) is 10.9. The second-order valence-electron chi connectivity index (χ2n) is 4.35. The molecule has 0 amide bonds. The van der Waals surface area contributed by atoms with Crippen LogP contribution in [0.1, 0.15) is 12.8 Å². The van der Waals surface area contributed by atoms with E-state index < -0.39 is 41.2 Å². The predicted molar refractivity (Wildman–Crippen MR) is 60.9 cm³/mol. The van der Waals surface area contributed by atoms with Crippen molar-refractivity contribution < 1.29 is 32.2 Å². The molecule has 0 atom stereocenters. The molecule has 0 aromatic carbocycles. The van der Waals surface area contributed by atoms with E-state index in [0.29, 0.717) is 0 Å². The van der Waals surface area contributed by atoms with Crippen molar-refractivity contribution >= 4 is 16.2 Å². The lowest BCUT2D eigenvalue weighted by Crippen LogP contribution is -2.49. The van der Waals surface area contributed by atoms with Crippen molar-refractivity contribution in [3.05, 3.63) is 0 Å². The number of aliphatic carboxylic acids is 1. The summed E-state index contributed by atoms with van der Waals surface area (Å²) in [5.74, 6) is -5.12. The van der Waals surface area contributed by atoms with Gasteiger partial charge in [0, 0.05) is 13.1 Å². The van der Waals surface area contributed by atoms with E-state index in [-0.39, 0.29) is 25.9 Å². The van der Waals surface area contributed by atoms with Crippen LogP contribution in [0.5, 0.6) is 0 Å². The summed E-state index contributed by atoms with van der Waals surface area (Å²) in [5, 5.41) is 17.1. The van der Waals surface area contributed by atoms with Crippen LogP contribution in [0.4, 0.5) is 8.78 Å². The van der Waals surface area contributed by atoms with Crippen LogP contribution in [0, 0.1) is 5.92 Å². The fraction of sp³-hybridized carbons (Fsp3) is 0.889. The Morgan fingerprint density at radius 1 is 1.37 bits per heavy atom. The minimum absolute atomic E-state index is 0.0308. The van der Waals surface area contributed by atoms with E-state index in [2.05, 4.69) is 0 Å². The van der Waals surface area contributed by atoms with Crippen molar-refractivity contribution in [1.29, 1.82) is 0 Å². The first kappa shape index (κ1) is 16.2. The van der Waals surface area contributed by atoms with E-state index in [1.165, 1.54) is 0 Å². The third-order valence-corrected chi connectivity index (χ3v) is 4.44. The summed E-state index contributed by atoms with van der Waals surface area (Å²) in [6.45, 7) is -2.70. The first-order valence-electron chi connectivity index (χ1n) is 5.64. The Balaban J connectivity index is 2.54. The molecule has 7 nitrogen and oxygen atoms in total. The number of halogens is 2. The molecule has 19 heavy (non-hydrogen) atoms. The van der Waals surface area contributed by atoms with Gasteiger partial charge in [-0.05, 0) is 12.8 Å². The monoisotopic (exact) mass is 302 g/mol. The number of nitrogens with zero attached hydrogens (tertiary/aromatic N) is 1. The molecule has 10 heteroatoms. The van der Waals surface area contributed by atoms with Gasteiger partial charge >= 0.3 is 5.97 Å². The third kappa shape index (κ3) is 4.64. The highest BCUT2D eigenvalue weighted by molar-refractivity contribution is 7.87. The van der Waals surface area contributed by atoms with Gasteiger partial charge in [0.2, 0.25) is 0 Å². The molecule has 0 radical (unpaired) electrons. The minimum Gasteiger partial charge on any atom is -0.481 e. The van der Waals surface area contributed by atoms with Gasteiger partial charge in [-0.1, -0.05) is 0 Å². The summed E-state index contributed by atoms with van der Waals surface area (Å²) < 4.78 is 51.5. The molecule has 0 aromatic heterocycles. The van der Waals surface area contributed by atoms with Crippen molar-refractivity contribution in [2.24, 2.45) is 5.92 Å². The van der Waals surface area contributed by atoms with Crippen LogP contribution < -0.4 is 4.72 Å². The summed E-state index contributed by atoms with van der Waals surface area (Å²) in [6, 6.07) is 0. The summed E-state index contributed by atoms with van der Waals surface area (Å²) in [7, 11) is -4.08. The van der Waals surface area contributed by atoms with Crippen LogP contribution in [-0.4, -0.2) is 61.1 Å².